The predicted molar refractivity (Wildman–Crippen MR) is 83.3 cm³/mol. The Balaban J connectivity index is 2.11. The van der Waals surface area contributed by atoms with Crippen LogP contribution in [0.4, 0.5) is 0 Å². The van der Waals surface area contributed by atoms with E-state index in [9.17, 15) is 4.79 Å². The second-order valence-electron chi connectivity index (χ2n) is 5.32. The summed E-state index contributed by atoms with van der Waals surface area (Å²) in [5.41, 5.74) is 0.688. The van der Waals surface area contributed by atoms with E-state index in [0.717, 1.165) is 36.2 Å². The first kappa shape index (κ1) is 15.3. The van der Waals surface area contributed by atoms with Crippen molar-refractivity contribution < 1.29 is 9.53 Å². The first-order chi connectivity index (χ1) is 9.52. The van der Waals surface area contributed by atoms with Gasteiger partial charge in [-0.2, -0.15) is 0 Å². The molecule has 1 aromatic rings. The lowest BCUT2D eigenvalue weighted by Gasteiger charge is -2.35. The number of rotatable bonds is 3. The van der Waals surface area contributed by atoms with Crippen LogP contribution in [-0.2, 0) is 0 Å². The summed E-state index contributed by atoms with van der Waals surface area (Å²) in [7, 11) is 5.62. The number of methoxy groups -OCH3 is 1. The Morgan fingerprint density at radius 2 is 2.25 bits per heavy atom. The van der Waals surface area contributed by atoms with Crippen LogP contribution in [0.5, 0.6) is 5.75 Å². The van der Waals surface area contributed by atoms with Gasteiger partial charge in [-0.3, -0.25) is 4.79 Å². The Labute approximate surface area is 128 Å². The molecular weight excluding hydrogens is 320 g/mol. The normalized spacial score (nSPS) is 19.7. The van der Waals surface area contributed by atoms with Gasteiger partial charge >= 0.3 is 0 Å². The fourth-order valence-electron chi connectivity index (χ4n) is 2.62. The molecule has 1 unspecified atom stereocenters. The second kappa shape index (κ2) is 6.59. The molecule has 5 heteroatoms. The summed E-state index contributed by atoms with van der Waals surface area (Å²) in [5.74, 6) is 0.801. The minimum atomic E-state index is 0.0636. The van der Waals surface area contributed by atoms with E-state index in [1.54, 1.807) is 7.11 Å². The van der Waals surface area contributed by atoms with Crippen LogP contribution in [0, 0.1) is 0 Å². The molecule has 0 saturated carbocycles. The smallest absolute Gasteiger partial charge is 0.253 e. The van der Waals surface area contributed by atoms with Crippen LogP contribution < -0.4 is 4.74 Å². The average Bonchev–Trinajstić information content (AvgIpc) is 2.45. The summed E-state index contributed by atoms with van der Waals surface area (Å²) >= 11 is 3.43. The van der Waals surface area contributed by atoms with Crippen molar-refractivity contribution in [3.05, 3.63) is 28.2 Å². The Kier molecular flexibility index (Phi) is 5.05. The number of hydrogen-bond acceptors (Lipinski definition) is 3. The minimum absolute atomic E-state index is 0.0636. The SMILES string of the molecule is COc1ccc(C(=O)N(C)C2CCCN(C)C2)cc1Br. The number of carbonyl (C=O) groups is 1. The fourth-order valence-corrected chi connectivity index (χ4v) is 3.16. The number of ether oxygens (including phenoxy) is 1. The third kappa shape index (κ3) is 3.33. The lowest BCUT2D eigenvalue weighted by Crippen LogP contribution is -2.47. The van der Waals surface area contributed by atoms with Gasteiger partial charge in [-0.05, 0) is 60.6 Å². The van der Waals surface area contributed by atoms with Gasteiger partial charge in [0.15, 0.2) is 0 Å². The van der Waals surface area contributed by atoms with Gasteiger partial charge in [-0.15, -0.1) is 0 Å². The molecule has 1 atom stereocenters. The zero-order valence-electron chi connectivity index (χ0n) is 12.2. The van der Waals surface area contributed by atoms with Crippen molar-refractivity contribution in [3.8, 4) is 5.75 Å². The molecule has 0 aromatic heterocycles. The van der Waals surface area contributed by atoms with E-state index >= 15 is 0 Å². The lowest BCUT2D eigenvalue weighted by molar-refractivity contribution is 0.0644. The number of amides is 1. The Bertz CT molecular complexity index is 493. The van der Waals surface area contributed by atoms with Crippen LogP contribution in [-0.4, -0.2) is 56.0 Å². The van der Waals surface area contributed by atoms with Gasteiger partial charge in [0.05, 0.1) is 11.6 Å². The van der Waals surface area contributed by atoms with E-state index in [-0.39, 0.29) is 5.91 Å². The molecule has 0 bridgehead atoms. The molecule has 1 aromatic carbocycles. The number of likely N-dealkylation sites (tertiary alicyclic amines) is 1. The number of nitrogens with zero attached hydrogens (tertiary/aromatic N) is 2. The summed E-state index contributed by atoms with van der Waals surface area (Å²) < 4.78 is 6.00. The molecule has 0 N–H and O–H groups in total. The van der Waals surface area contributed by atoms with Crippen LogP contribution in [0.3, 0.4) is 0 Å². The van der Waals surface area contributed by atoms with E-state index in [1.165, 1.54) is 0 Å². The quantitative estimate of drug-likeness (QED) is 0.847. The average molecular weight is 341 g/mol. The van der Waals surface area contributed by atoms with E-state index in [2.05, 4.69) is 27.9 Å². The van der Waals surface area contributed by atoms with Crippen molar-refractivity contribution in [2.75, 3.05) is 34.3 Å². The Hall–Kier alpha value is -1.07. The van der Waals surface area contributed by atoms with Crippen LogP contribution in [0.15, 0.2) is 22.7 Å². The van der Waals surface area contributed by atoms with E-state index in [1.807, 2.05) is 30.1 Å². The lowest BCUT2D eigenvalue weighted by atomic mass is 10.0. The number of hydrogen-bond donors (Lipinski definition) is 0. The zero-order chi connectivity index (χ0) is 14.7. The first-order valence-electron chi connectivity index (χ1n) is 6.82. The molecule has 1 amide bonds. The molecular formula is C15H21BrN2O2. The van der Waals surface area contributed by atoms with Crippen molar-refractivity contribution in [2.24, 2.45) is 0 Å². The first-order valence-corrected chi connectivity index (χ1v) is 7.61. The number of carbonyl (C=O) groups excluding carboxylic acids is 1. The second-order valence-corrected chi connectivity index (χ2v) is 6.18. The maximum absolute atomic E-state index is 12.5. The molecule has 1 saturated heterocycles. The molecule has 1 aliphatic heterocycles. The molecule has 0 aliphatic carbocycles. The third-order valence-corrected chi connectivity index (χ3v) is 4.49. The summed E-state index contributed by atoms with van der Waals surface area (Å²) in [4.78, 5) is 16.7. The van der Waals surface area contributed by atoms with E-state index in [0.29, 0.717) is 11.6 Å². The highest BCUT2D eigenvalue weighted by Gasteiger charge is 2.25. The minimum Gasteiger partial charge on any atom is -0.496 e. The molecule has 1 aliphatic rings. The largest absolute Gasteiger partial charge is 0.496 e. The van der Waals surface area contributed by atoms with Crippen molar-refractivity contribution in [1.82, 2.24) is 9.80 Å². The van der Waals surface area contributed by atoms with E-state index in [4.69, 9.17) is 4.74 Å². The monoisotopic (exact) mass is 340 g/mol. The van der Waals surface area contributed by atoms with Crippen LogP contribution in [0.1, 0.15) is 23.2 Å². The van der Waals surface area contributed by atoms with Gasteiger partial charge in [-0.1, -0.05) is 0 Å². The summed E-state index contributed by atoms with van der Waals surface area (Å²) in [6.45, 7) is 2.06. The predicted octanol–water partition coefficient (Wildman–Crippen LogP) is 2.62. The highest BCUT2D eigenvalue weighted by molar-refractivity contribution is 9.10. The molecule has 1 heterocycles. The molecule has 110 valence electrons. The molecule has 1 fully saturated rings. The van der Waals surface area contributed by atoms with Crippen LogP contribution >= 0.6 is 15.9 Å². The van der Waals surface area contributed by atoms with Gasteiger partial charge in [0.1, 0.15) is 5.75 Å². The van der Waals surface area contributed by atoms with Crippen LogP contribution in [0.25, 0.3) is 0 Å². The fraction of sp³-hybridized carbons (Fsp3) is 0.533. The highest BCUT2D eigenvalue weighted by atomic mass is 79.9. The molecule has 4 nitrogen and oxygen atoms in total. The number of piperidine rings is 1. The topological polar surface area (TPSA) is 32.8 Å². The van der Waals surface area contributed by atoms with Gasteiger partial charge in [0, 0.05) is 25.2 Å². The number of benzene rings is 1. The van der Waals surface area contributed by atoms with Crippen LogP contribution in [0.2, 0.25) is 0 Å². The molecule has 0 radical (unpaired) electrons. The maximum Gasteiger partial charge on any atom is 0.253 e. The van der Waals surface area contributed by atoms with Gasteiger partial charge in [0.25, 0.3) is 5.91 Å². The summed E-state index contributed by atoms with van der Waals surface area (Å²) in [6.07, 6.45) is 2.22. The van der Waals surface area contributed by atoms with Gasteiger partial charge in [0.2, 0.25) is 0 Å². The summed E-state index contributed by atoms with van der Waals surface area (Å²) in [5, 5.41) is 0. The van der Waals surface area contributed by atoms with Crippen molar-refractivity contribution in [2.45, 2.75) is 18.9 Å². The van der Waals surface area contributed by atoms with Gasteiger partial charge < -0.3 is 14.5 Å². The number of halogens is 1. The standard InChI is InChI=1S/C15H21BrN2O2/c1-17-8-4-5-12(10-17)18(2)15(19)11-6-7-14(20-3)13(16)9-11/h6-7,9,12H,4-5,8,10H2,1-3H3. The van der Waals surface area contributed by atoms with Crippen molar-refractivity contribution >= 4 is 21.8 Å². The molecule has 2 rings (SSSR count). The van der Waals surface area contributed by atoms with E-state index < -0.39 is 0 Å². The van der Waals surface area contributed by atoms with Gasteiger partial charge in [-0.25, -0.2) is 0 Å². The molecule has 0 spiro atoms. The van der Waals surface area contributed by atoms with Crippen molar-refractivity contribution in [1.29, 1.82) is 0 Å². The number of likely N-dealkylation sites (N-methyl/N-ethyl adjacent to an activating group) is 2. The summed E-state index contributed by atoms with van der Waals surface area (Å²) in [6, 6.07) is 5.75. The maximum atomic E-state index is 12.5. The Morgan fingerprint density at radius 1 is 1.50 bits per heavy atom. The van der Waals surface area contributed by atoms with Crippen molar-refractivity contribution in [3.63, 3.8) is 0 Å². The zero-order valence-corrected chi connectivity index (χ0v) is 13.8. The third-order valence-electron chi connectivity index (χ3n) is 3.87. The Morgan fingerprint density at radius 3 is 2.85 bits per heavy atom. The highest BCUT2D eigenvalue weighted by Crippen LogP contribution is 2.26. The molecule has 20 heavy (non-hydrogen) atoms.